The number of rotatable bonds is 7. The van der Waals surface area contributed by atoms with Gasteiger partial charge in [-0.25, -0.2) is 0 Å². The van der Waals surface area contributed by atoms with Crippen LogP contribution in [0, 0.1) is 0 Å². The van der Waals surface area contributed by atoms with Gasteiger partial charge in [-0.1, -0.05) is 31.2 Å². The Morgan fingerprint density at radius 1 is 1.05 bits per heavy atom. The maximum Gasteiger partial charge on any atom is 0.123 e. The first kappa shape index (κ1) is 14.5. The summed E-state index contributed by atoms with van der Waals surface area (Å²) in [6.45, 7) is 5.00. The number of pyridine rings is 1. The number of ether oxygens (including phenoxy) is 1. The molecule has 20 heavy (non-hydrogen) atoms. The third-order valence-corrected chi connectivity index (χ3v) is 3.24. The van der Waals surface area contributed by atoms with Gasteiger partial charge in [-0.05, 0) is 31.2 Å². The molecule has 1 aromatic heterocycles. The van der Waals surface area contributed by atoms with Crippen molar-refractivity contribution in [2.75, 3.05) is 13.7 Å². The molecular formula is C17H22N2O. The van der Waals surface area contributed by atoms with Gasteiger partial charge in [0.1, 0.15) is 5.75 Å². The molecule has 0 radical (unpaired) electrons. The highest BCUT2D eigenvalue weighted by Crippen LogP contribution is 2.20. The molecule has 3 heteroatoms. The molecular weight excluding hydrogens is 248 g/mol. The largest absolute Gasteiger partial charge is 0.496 e. The van der Waals surface area contributed by atoms with Crippen molar-refractivity contribution in [2.24, 2.45) is 0 Å². The van der Waals surface area contributed by atoms with Crippen LogP contribution in [0.25, 0.3) is 0 Å². The first-order valence-electron chi connectivity index (χ1n) is 7.07. The van der Waals surface area contributed by atoms with Gasteiger partial charge in [-0.3, -0.25) is 9.88 Å². The van der Waals surface area contributed by atoms with Gasteiger partial charge in [0.05, 0.1) is 12.8 Å². The van der Waals surface area contributed by atoms with Gasteiger partial charge in [0, 0.05) is 24.8 Å². The molecule has 2 rings (SSSR count). The fourth-order valence-corrected chi connectivity index (χ4v) is 2.33. The second kappa shape index (κ2) is 7.65. The van der Waals surface area contributed by atoms with E-state index in [1.807, 2.05) is 30.5 Å². The Hall–Kier alpha value is -1.87. The second-order valence-corrected chi connectivity index (χ2v) is 4.84. The monoisotopic (exact) mass is 270 g/mol. The third-order valence-electron chi connectivity index (χ3n) is 3.24. The summed E-state index contributed by atoms with van der Waals surface area (Å²) in [4.78, 5) is 6.82. The van der Waals surface area contributed by atoms with Crippen molar-refractivity contribution in [3.05, 3.63) is 59.9 Å². The molecule has 0 fully saturated rings. The summed E-state index contributed by atoms with van der Waals surface area (Å²) in [6, 6.07) is 14.3. The van der Waals surface area contributed by atoms with Crippen LogP contribution in [0.3, 0.4) is 0 Å². The van der Waals surface area contributed by atoms with Crippen molar-refractivity contribution in [1.29, 1.82) is 0 Å². The van der Waals surface area contributed by atoms with E-state index in [4.69, 9.17) is 4.74 Å². The third kappa shape index (κ3) is 4.07. The Morgan fingerprint density at radius 2 is 1.85 bits per heavy atom. The molecule has 106 valence electrons. The fourth-order valence-electron chi connectivity index (χ4n) is 2.33. The number of aromatic nitrogens is 1. The van der Waals surface area contributed by atoms with Crippen molar-refractivity contribution >= 4 is 0 Å². The Kier molecular flexibility index (Phi) is 5.56. The maximum absolute atomic E-state index is 5.43. The fraction of sp³-hybridized carbons (Fsp3) is 0.353. The summed E-state index contributed by atoms with van der Waals surface area (Å²) in [7, 11) is 1.72. The average Bonchev–Trinajstić information content (AvgIpc) is 2.49. The molecule has 1 heterocycles. The zero-order valence-electron chi connectivity index (χ0n) is 12.2. The molecule has 2 aromatic rings. The lowest BCUT2D eigenvalue weighted by atomic mass is 10.1. The minimum atomic E-state index is 0.868. The van der Waals surface area contributed by atoms with Gasteiger partial charge in [-0.2, -0.15) is 0 Å². The van der Waals surface area contributed by atoms with Gasteiger partial charge in [0.2, 0.25) is 0 Å². The molecule has 1 aromatic carbocycles. The van der Waals surface area contributed by atoms with Gasteiger partial charge in [0.25, 0.3) is 0 Å². The SMILES string of the molecule is CCCN(Cc1ccccn1)Cc1ccccc1OC. The number of hydrogen-bond acceptors (Lipinski definition) is 3. The summed E-state index contributed by atoms with van der Waals surface area (Å²) >= 11 is 0. The Bertz CT molecular complexity index is 513. The highest BCUT2D eigenvalue weighted by Gasteiger charge is 2.10. The number of benzene rings is 1. The normalized spacial score (nSPS) is 10.8. The summed E-state index contributed by atoms with van der Waals surface area (Å²) < 4.78 is 5.43. The van der Waals surface area contributed by atoms with E-state index in [1.54, 1.807) is 7.11 Å². The van der Waals surface area contributed by atoms with Gasteiger partial charge in [-0.15, -0.1) is 0 Å². The van der Waals surface area contributed by atoms with Crippen molar-refractivity contribution in [3.8, 4) is 5.75 Å². The molecule has 3 nitrogen and oxygen atoms in total. The van der Waals surface area contributed by atoms with Crippen LogP contribution in [-0.2, 0) is 13.1 Å². The van der Waals surface area contributed by atoms with Crippen molar-refractivity contribution in [2.45, 2.75) is 26.4 Å². The predicted octanol–water partition coefficient (Wildman–Crippen LogP) is 3.50. The van der Waals surface area contributed by atoms with E-state index in [2.05, 4.69) is 35.0 Å². The molecule has 0 N–H and O–H groups in total. The van der Waals surface area contributed by atoms with E-state index in [0.29, 0.717) is 0 Å². The molecule has 0 aliphatic carbocycles. The van der Waals surface area contributed by atoms with Gasteiger partial charge >= 0.3 is 0 Å². The molecule has 0 atom stereocenters. The van der Waals surface area contributed by atoms with Crippen LogP contribution in [0.2, 0.25) is 0 Å². The summed E-state index contributed by atoms with van der Waals surface area (Å²) in [5, 5.41) is 0. The standard InChI is InChI=1S/C17H22N2O/c1-3-12-19(14-16-9-6-7-11-18-16)13-15-8-4-5-10-17(15)20-2/h4-11H,3,12-14H2,1-2H3. The molecule has 0 saturated heterocycles. The van der Waals surface area contributed by atoms with E-state index >= 15 is 0 Å². The minimum Gasteiger partial charge on any atom is -0.496 e. The summed E-state index contributed by atoms with van der Waals surface area (Å²) in [5.74, 6) is 0.953. The number of hydrogen-bond donors (Lipinski definition) is 0. The van der Waals surface area contributed by atoms with Crippen LogP contribution in [0.5, 0.6) is 5.75 Å². The molecule has 0 saturated carbocycles. The van der Waals surface area contributed by atoms with E-state index in [-0.39, 0.29) is 0 Å². The van der Waals surface area contributed by atoms with Gasteiger partial charge < -0.3 is 4.74 Å². The van der Waals surface area contributed by atoms with Gasteiger partial charge in [0.15, 0.2) is 0 Å². The van der Waals surface area contributed by atoms with Crippen LogP contribution >= 0.6 is 0 Å². The minimum absolute atomic E-state index is 0.868. The topological polar surface area (TPSA) is 25.4 Å². The number of methoxy groups -OCH3 is 1. The first-order valence-corrected chi connectivity index (χ1v) is 7.07. The molecule has 0 unspecified atom stereocenters. The number of nitrogens with zero attached hydrogens (tertiary/aromatic N) is 2. The Balaban J connectivity index is 2.09. The van der Waals surface area contributed by atoms with E-state index in [9.17, 15) is 0 Å². The molecule has 0 bridgehead atoms. The maximum atomic E-state index is 5.43. The Labute approximate surface area is 121 Å². The predicted molar refractivity (Wildman–Crippen MR) is 81.6 cm³/mol. The molecule has 0 amide bonds. The quantitative estimate of drug-likeness (QED) is 0.770. The van der Waals surface area contributed by atoms with Crippen LogP contribution in [0.4, 0.5) is 0 Å². The van der Waals surface area contributed by atoms with Crippen LogP contribution in [0.15, 0.2) is 48.7 Å². The lowest BCUT2D eigenvalue weighted by molar-refractivity contribution is 0.250. The molecule has 0 spiro atoms. The van der Waals surface area contributed by atoms with Crippen molar-refractivity contribution in [1.82, 2.24) is 9.88 Å². The second-order valence-electron chi connectivity index (χ2n) is 4.84. The Morgan fingerprint density at radius 3 is 2.55 bits per heavy atom. The highest BCUT2D eigenvalue weighted by atomic mass is 16.5. The summed E-state index contributed by atoms with van der Waals surface area (Å²) in [5.41, 5.74) is 2.33. The van der Waals surface area contributed by atoms with E-state index in [1.165, 1.54) is 5.56 Å². The average molecular weight is 270 g/mol. The lowest BCUT2D eigenvalue weighted by Gasteiger charge is -2.22. The zero-order valence-corrected chi connectivity index (χ0v) is 12.2. The highest BCUT2D eigenvalue weighted by molar-refractivity contribution is 5.33. The summed E-state index contributed by atoms with van der Waals surface area (Å²) in [6.07, 6.45) is 2.98. The molecule has 0 aliphatic rings. The van der Waals surface area contributed by atoms with Crippen molar-refractivity contribution < 1.29 is 4.74 Å². The zero-order chi connectivity index (χ0) is 14.2. The van der Waals surface area contributed by atoms with Crippen molar-refractivity contribution in [3.63, 3.8) is 0 Å². The smallest absolute Gasteiger partial charge is 0.123 e. The van der Waals surface area contributed by atoms with Crippen LogP contribution < -0.4 is 4.74 Å². The lowest BCUT2D eigenvalue weighted by Crippen LogP contribution is -2.24. The van der Waals surface area contributed by atoms with E-state index in [0.717, 1.165) is 37.5 Å². The molecule has 0 aliphatic heterocycles. The van der Waals surface area contributed by atoms with Crippen LogP contribution in [-0.4, -0.2) is 23.5 Å². The number of para-hydroxylation sites is 1. The van der Waals surface area contributed by atoms with E-state index < -0.39 is 0 Å². The first-order chi connectivity index (χ1) is 9.83. The van der Waals surface area contributed by atoms with Crippen LogP contribution in [0.1, 0.15) is 24.6 Å².